The largest absolute Gasteiger partial charge is 0.355 e. The van der Waals surface area contributed by atoms with Crippen molar-refractivity contribution in [2.45, 2.75) is 0 Å². The van der Waals surface area contributed by atoms with Gasteiger partial charge in [-0.15, -0.1) is 0 Å². The van der Waals surface area contributed by atoms with E-state index in [0.29, 0.717) is 11.4 Å². The van der Waals surface area contributed by atoms with Crippen molar-refractivity contribution >= 4 is 11.6 Å². The third-order valence-electron chi connectivity index (χ3n) is 3.66. The van der Waals surface area contributed by atoms with Crippen molar-refractivity contribution in [2.75, 3.05) is 5.32 Å². The number of amides is 1. The number of rotatable bonds is 4. The highest BCUT2D eigenvalue weighted by molar-refractivity contribution is 6.03. The zero-order valence-corrected chi connectivity index (χ0v) is 13.2. The Morgan fingerprint density at radius 1 is 1.00 bits per heavy atom. The molecule has 4 aromatic rings. The van der Waals surface area contributed by atoms with Gasteiger partial charge in [-0.05, 0) is 12.1 Å². The number of nitrogens with one attached hydrogen (secondary N) is 1. The fraction of sp³-hybridized carbons (Fsp3) is 0. The topological polar surface area (TPSA) is 73.0 Å². The zero-order chi connectivity index (χ0) is 17.1. The maximum atomic E-state index is 12.3. The predicted octanol–water partition coefficient (Wildman–Crippen LogP) is 3.78. The molecule has 6 nitrogen and oxygen atoms in total. The molecule has 0 saturated heterocycles. The Kier molecular flexibility index (Phi) is 3.84. The molecule has 0 aliphatic heterocycles. The SMILES string of the molecule is O=C(Nc1cnn(-c2ccccc2)c1)c1cc(-c2ccccc2)on1. The molecule has 2 heterocycles. The van der Waals surface area contributed by atoms with E-state index in [4.69, 9.17) is 4.52 Å². The summed E-state index contributed by atoms with van der Waals surface area (Å²) >= 11 is 0. The molecular formula is C19H14N4O2. The van der Waals surface area contributed by atoms with Gasteiger partial charge < -0.3 is 9.84 Å². The fourth-order valence-corrected chi connectivity index (χ4v) is 2.43. The minimum absolute atomic E-state index is 0.214. The molecular weight excluding hydrogens is 316 g/mol. The van der Waals surface area contributed by atoms with Gasteiger partial charge in [0.25, 0.3) is 5.91 Å². The summed E-state index contributed by atoms with van der Waals surface area (Å²) in [5, 5.41) is 10.9. The number of nitrogens with zero attached hydrogens (tertiary/aromatic N) is 3. The van der Waals surface area contributed by atoms with Crippen LogP contribution in [0.1, 0.15) is 10.5 Å². The summed E-state index contributed by atoms with van der Waals surface area (Å²) in [7, 11) is 0. The molecule has 0 unspecified atom stereocenters. The third kappa shape index (κ3) is 3.18. The molecule has 0 fully saturated rings. The summed E-state index contributed by atoms with van der Waals surface area (Å²) in [5.41, 5.74) is 2.58. The normalized spacial score (nSPS) is 10.6. The van der Waals surface area contributed by atoms with Gasteiger partial charge in [0.2, 0.25) is 0 Å². The van der Waals surface area contributed by atoms with Crippen molar-refractivity contribution in [1.29, 1.82) is 0 Å². The first-order valence-electron chi connectivity index (χ1n) is 7.73. The number of anilines is 1. The van der Waals surface area contributed by atoms with Gasteiger partial charge in [-0.25, -0.2) is 4.68 Å². The quantitative estimate of drug-likeness (QED) is 0.618. The van der Waals surface area contributed by atoms with E-state index in [2.05, 4.69) is 15.6 Å². The molecule has 1 amide bonds. The Morgan fingerprint density at radius 3 is 2.48 bits per heavy atom. The number of hydrogen-bond donors (Lipinski definition) is 1. The molecule has 0 spiro atoms. The molecule has 0 bridgehead atoms. The monoisotopic (exact) mass is 330 g/mol. The van der Waals surface area contributed by atoms with Crippen LogP contribution in [-0.4, -0.2) is 20.8 Å². The van der Waals surface area contributed by atoms with E-state index >= 15 is 0 Å². The van der Waals surface area contributed by atoms with Gasteiger partial charge in [0.05, 0.1) is 23.8 Å². The lowest BCUT2D eigenvalue weighted by molar-refractivity contribution is 0.101. The zero-order valence-electron chi connectivity index (χ0n) is 13.2. The average Bonchev–Trinajstić information content (AvgIpc) is 3.33. The maximum Gasteiger partial charge on any atom is 0.277 e. The molecule has 2 aromatic heterocycles. The summed E-state index contributed by atoms with van der Waals surface area (Å²) in [6.07, 6.45) is 3.33. The number of carbonyl (C=O) groups is 1. The van der Waals surface area contributed by atoms with Gasteiger partial charge >= 0.3 is 0 Å². The molecule has 0 aliphatic rings. The van der Waals surface area contributed by atoms with Crippen LogP contribution in [0.2, 0.25) is 0 Å². The van der Waals surface area contributed by atoms with Crippen LogP contribution in [-0.2, 0) is 0 Å². The average molecular weight is 330 g/mol. The summed E-state index contributed by atoms with van der Waals surface area (Å²) in [6, 6.07) is 20.8. The van der Waals surface area contributed by atoms with Crippen molar-refractivity contribution in [3.8, 4) is 17.0 Å². The summed E-state index contributed by atoms with van der Waals surface area (Å²) < 4.78 is 6.94. The number of para-hydroxylation sites is 1. The van der Waals surface area contributed by atoms with E-state index in [9.17, 15) is 4.79 Å². The second kappa shape index (κ2) is 6.45. The lowest BCUT2D eigenvalue weighted by Crippen LogP contribution is -2.11. The van der Waals surface area contributed by atoms with Crippen molar-refractivity contribution in [2.24, 2.45) is 0 Å². The Morgan fingerprint density at radius 2 is 1.72 bits per heavy atom. The molecule has 0 radical (unpaired) electrons. The summed E-state index contributed by atoms with van der Waals surface area (Å²) in [5.74, 6) is 0.198. The first-order chi connectivity index (χ1) is 12.3. The molecule has 0 saturated carbocycles. The molecule has 4 rings (SSSR count). The van der Waals surface area contributed by atoms with E-state index in [-0.39, 0.29) is 11.6 Å². The standard InChI is InChI=1S/C19H14N4O2/c24-19(17-11-18(25-22-17)14-7-3-1-4-8-14)21-15-12-20-23(13-15)16-9-5-2-6-10-16/h1-13H,(H,21,24). The highest BCUT2D eigenvalue weighted by Crippen LogP contribution is 2.20. The van der Waals surface area contributed by atoms with Gasteiger partial charge in [0.1, 0.15) is 0 Å². The molecule has 122 valence electrons. The molecule has 25 heavy (non-hydrogen) atoms. The fourth-order valence-electron chi connectivity index (χ4n) is 2.43. The van der Waals surface area contributed by atoms with Gasteiger partial charge in [-0.3, -0.25) is 4.79 Å². The van der Waals surface area contributed by atoms with Crippen molar-refractivity contribution in [3.63, 3.8) is 0 Å². The van der Waals surface area contributed by atoms with Crippen LogP contribution in [0.25, 0.3) is 17.0 Å². The lowest BCUT2D eigenvalue weighted by Gasteiger charge is -2.00. The number of benzene rings is 2. The van der Waals surface area contributed by atoms with Crippen LogP contribution >= 0.6 is 0 Å². The second-order valence-corrected chi connectivity index (χ2v) is 5.41. The van der Waals surface area contributed by atoms with Crippen molar-refractivity contribution in [3.05, 3.63) is 84.8 Å². The summed E-state index contributed by atoms with van der Waals surface area (Å²) in [4.78, 5) is 12.3. The number of aromatic nitrogens is 3. The smallest absolute Gasteiger partial charge is 0.277 e. The highest BCUT2D eigenvalue weighted by Gasteiger charge is 2.14. The van der Waals surface area contributed by atoms with E-state index in [1.165, 1.54) is 0 Å². The first kappa shape index (κ1) is 14.9. The van der Waals surface area contributed by atoms with E-state index in [1.54, 1.807) is 23.1 Å². The third-order valence-corrected chi connectivity index (χ3v) is 3.66. The van der Waals surface area contributed by atoms with Gasteiger partial charge in [-0.2, -0.15) is 5.10 Å². The van der Waals surface area contributed by atoms with E-state index < -0.39 is 0 Å². The first-order valence-corrected chi connectivity index (χ1v) is 7.73. The van der Waals surface area contributed by atoms with Gasteiger partial charge in [-0.1, -0.05) is 53.7 Å². The molecule has 6 heteroatoms. The minimum atomic E-state index is -0.349. The van der Waals surface area contributed by atoms with Crippen LogP contribution in [0, 0.1) is 0 Å². The van der Waals surface area contributed by atoms with Crippen LogP contribution in [0.5, 0.6) is 0 Å². The summed E-state index contributed by atoms with van der Waals surface area (Å²) in [6.45, 7) is 0. The Labute approximate surface area is 143 Å². The van der Waals surface area contributed by atoms with Crippen LogP contribution in [0.4, 0.5) is 5.69 Å². The van der Waals surface area contributed by atoms with Crippen LogP contribution in [0.3, 0.4) is 0 Å². The highest BCUT2D eigenvalue weighted by atomic mass is 16.5. The lowest BCUT2D eigenvalue weighted by atomic mass is 10.1. The van der Waals surface area contributed by atoms with Crippen molar-refractivity contribution in [1.82, 2.24) is 14.9 Å². The second-order valence-electron chi connectivity index (χ2n) is 5.41. The molecule has 0 aliphatic carbocycles. The van der Waals surface area contributed by atoms with Gasteiger partial charge in [0, 0.05) is 11.6 Å². The molecule has 1 N–H and O–H groups in total. The van der Waals surface area contributed by atoms with Crippen LogP contribution in [0.15, 0.2) is 83.6 Å². The van der Waals surface area contributed by atoms with E-state index in [0.717, 1.165) is 11.3 Å². The van der Waals surface area contributed by atoms with Crippen molar-refractivity contribution < 1.29 is 9.32 Å². The predicted molar refractivity (Wildman–Crippen MR) is 93.5 cm³/mol. The Balaban J connectivity index is 1.50. The van der Waals surface area contributed by atoms with Crippen LogP contribution < -0.4 is 5.32 Å². The Bertz CT molecular complexity index is 990. The number of carbonyl (C=O) groups excluding carboxylic acids is 1. The molecule has 2 aromatic carbocycles. The maximum absolute atomic E-state index is 12.3. The minimum Gasteiger partial charge on any atom is -0.355 e. The van der Waals surface area contributed by atoms with E-state index in [1.807, 2.05) is 60.7 Å². The van der Waals surface area contributed by atoms with Gasteiger partial charge in [0.15, 0.2) is 11.5 Å². The number of hydrogen-bond acceptors (Lipinski definition) is 4. The molecule has 0 atom stereocenters. The Hall–Kier alpha value is -3.67.